The van der Waals surface area contributed by atoms with Crippen LogP contribution >= 0.6 is 0 Å². The minimum Gasteiger partial charge on any atom is -0.486 e. The highest BCUT2D eigenvalue weighted by molar-refractivity contribution is 5.92. The van der Waals surface area contributed by atoms with Gasteiger partial charge in [0.25, 0.3) is 5.56 Å². The second-order valence-corrected chi connectivity index (χ2v) is 6.97. The molecule has 166 valence electrons. The van der Waals surface area contributed by atoms with Crippen LogP contribution in [0.1, 0.15) is 6.92 Å². The summed E-state index contributed by atoms with van der Waals surface area (Å²) in [5.74, 6) is 0.722. The number of nitrogens with one attached hydrogen (secondary N) is 1. The minimum absolute atomic E-state index is 0.170. The van der Waals surface area contributed by atoms with Crippen molar-refractivity contribution < 1.29 is 28.5 Å². The van der Waals surface area contributed by atoms with Crippen LogP contribution in [0.2, 0.25) is 0 Å². The lowest BCUT2D eigenvalue weighted by Gasteiger charge is -2.19. The molecule has 0 spiro atoms. The van der Waals surface area contributed by atoms with E-state index >= 15 is 0 Å². The third-order valence-electron chi connectivity index (χ3n) is 4.77. The first-order valence-corrected chi connectivity index (χ1v) is 10.1. The molecule has 0 bridgehead atoms. The number of rotatable bonds is 7. The average molecular weight is 438 g/mol. The molecule has 0 atom stereocenters. The lowest BCUT2D eigenvalue weighted by Crippen LogP contribution is -2.27. The topological polar surface area (TPSA) is 105 Å². The molecule has 32 heavy (non-hydrogen) atoms. The van der Waals surface area contributed by atoms with Crippen molar-refractivity contribution in [1.82, 2.24) is 4.57 Å². The molecule has 9 nitrogen and oxygen atoms in total. The molecule has 1 amide bonds. The first-order valence-electron chi connectivity index (χ1n) is 10.1. The fourth-order valence-electron chi connectivity index (χ4n) is 3.36. The molecule has 1 aromatic heterocycles. The van der Waals surface area contributed by atoms with Crippen molar-refractivity contribution in [3.63, 3.8) is 0 Å². The number of hydrogen-bond acceptors (Lipinski definition) is 7. The first-order chi connectivity index (χ1) is 15.5. The fraction of sp³-hybridized carbons (Fsp3) is 0.261. The van der Waals surface area contributed by atoms with Gasteiger partial charge in [0.2, 0.25) is 5.91 Å². The molecule has 0 saturated carbocycles. The van der Waals surface area contributed by atoms with E-state index in [1.54, 1.807) is 49.4 Å². The van der Waals surface area contributed by atoms with Crippen LogP contribution in [0.15, 0.2) is 53.5 Å². The van der Waals surface area contributed by atoms with Crippen LogP contribution in [0.25, 0.3) is 10.8 Å². The zero-order valence-corrected chi connectivity index (χ0v) is 17.5. The van der Waals surface area contributed by atoms with Gasteiger partial charge in [0, 0.05) is 23.3 Å². The molecular formula is C23H22N2O7. The van der Waals surface area contributed by atoms with Crippen LogP contribution < -0.4 is 25.1 Å². The number of benzene rings is 2. The average Bonchev–Trinajstić information content (AvgIpc) is 2.79. The molecule has 3 aromatic rings. The van der Waals surface area contributed by atoms with Gasteiger partial charge in [0.1, 0.15) is 25.5 Å². The Morgan fingerprint density at radius 1 is 1.06 bits per heavy atom. The quantitative estimate of drug-likeness (QED) is 0.565. The van der Waals surface area contributed by atoms with E-state index in [9.17, 15) is 14.4 Å². The highest BCUT2D eigenvalue weighted by atomic mass is 16.6. The molecule has 2 heterocycles. The van der Waals surface area contributed by atoms with E-state index in [2.05, 4.69) is 5.32 Å². The third kappa shape index (κ3) is 4.66. The van der Waals surface area contributed by atoms with Gasteiger partial charge >= 0.3 is 5.97 Å². The summed E-state index contributed by atoms with van der Waals surface area (Å²) in [6.07, 6.45) is 1.52. The highest BCUT2D eigenvalue weighted by Crippen LogP contribution is 2.32. The molecular weight excluding hydrogens is 416 g/mol. The van der Waals surface area contributed by atoms with Gasteiger partial charge in [-0.15, -0.1) is 0 Å². The smallest absolute Gasteiger partial charge is 0.344 e. The molecule has 0 radical (unpaired) electrons. The Labute approximate surface area is 183 Å². The van der Waals surface area contributed by atoms with Gasteiger partial charge < -0.3 is 28.8 Å². The lowest BCUT2D eigenvalue weighted by molar-refractivity contribution is -0.145. The lowest BCUT2D eigenvalue weighted by atomic mass is 10.1. The molecule has 0 saturated heterocycles. The standard InChI is InChI=1S/C23H22N2O7/c1-2-29-22(27)14-32-18-5-3-4-17-16(18)8-9-25(23(17)28)13-21(26)24-15-6-7-19-20(12-15)31-11-10-30-19/h3-9,12H,2,10-11,13-14H2,1H3,(H,24,26). The maximum atomic E-state index is 12.9. The Kier molecular flexibility index (Phi) is 6.25. The summed E-state index contributed by atoms with van der Waals surface area (Å²) < 4.78 is 22.7. The molecule has 1 aliphatic heterocycles. The summed E-state index contributed by atoms with van der Waals surface area (Å²) in [7, 11) is 0. The number of aromatic nitrogens is 1. The molecule has 0 fully saturated rings. The molecule has 1 aliphatic rings. The number of amides is 1. The first kappa shape index (κ1) is 21.2. The number of carbonyl (C=O) groups excluding carboxylic acids is 2. The van der Waals surface area contributed by atoms with Crippen molar-refractivity contribution in [2.45, 2.75) is 13.5 Å². The van der Waals surface area contributed by atoms with Crippen molar-refractivity contribution in [3.8, 4) is 17.2 Å². The monoisotopic (exact) mass is 438 g/mol. The third-order valence-corrected chi connectivity index (χ3v) is 4.77. The van der Waals surface area contributed by atoms with E-state index in [4.69, 9.17) is 18.9 Å². The number of fused-ring (bicyclic) bond motifs is 2. The van der Waals surface area contributed by atoms with Crippen molar-refractivity contribution in [2.24, 2.45) is 0 Å². The summed E-state index contributed by atoms with van der Waals surface area (Å²) in [6, 6.07) is 11.8. The van der Waals surface area contributed by atoms with E-state index in [1.165, 1.54) is 10.8 Å². The summed E-state index contributed by atoms with van der Waals surface area (Å²) in [6.45, 7) is 2.48. The van der Waals surface area contributed by atoms with Gasteiger partial charge in [0.15, 0.2) is 18.1 Å². The zero-order valence-electron chi connectivity index (χ0n) is 17.5. The number of esters is 1. The van der Waals surface area contributed by atoms with Gasteiger partial charge in [-0.1, -0.05) is 6.07 Å². The van der Waals surface area contributed by atoms with Gasteiger partial charge in [-0.05, 0) is 37.3 Å². The summed E-state index contributed by atoms with van der Waals surface area (Å²) in [5.41, 5.74) is 0.198. The number of ether oxygens (including phenoxy) is 4. The van der Waals surface area contributed by atoms with Gasteiger partial charge in [0.05, 0.1) is 12.0 Å². The summed E-state index contributed by atoms with van der Waals surface area (Å²) in [5, 5.41) is 3.68. The Bertz CT molecular complexity index is 1220. The second-order valence-electron chi connectivity index (χ2n) is 6.97. The van der Waals surface area contributed by atoms with Crippen LogP contribution in [0, 0.1) is 0 Å². The number of nitrogens with zero attached hydrogens (tertiary/aromatic N) is 1. The van der Waals surface area contributed by atoms with Gasteiger partial charge in [-0.3, -0.25) is 9.59 Å². The Morgan fingerprint density at radius 2 is 1.88 bits per heavy atom. The predicted molar refractivity (Wildman–Crippen MR) is 116 cm³/mol. The second kappa shape index (κ2) is 9.42. The van der Waals surface area contributed by atoms with E-state index < -0.39 is 5.97 Å². The van der Waals surface area contributed by atoms with Crippen LogP contribution in [-0.2, 0) is 20.9 Å². The Morgan fingerprint density at radius 3 is 2.69 bits per heavy atom. The summed E-state index contributed by atoms with van der Waals surface area (Å²) in [4.78, 5) is 37.0. The van der Waals surface area contributed by atoms with Crippen molar-refractivity contribution in [3.05, 3.63) is 59.0 Å². The van der Waals surface area contributed by atoms with Crippen molar-refractivity contribution in [1.29, 1.82) is 0 Å². The van der Waals surface area contributed by atoms with E-state index in [1.807, 2.05) is 0 Å². The van der Waals surface area contributed by atoms with Crippen LogP contribution in [0.4, 0.5) is 5.69 Å². The minimum atomic E-state index is -0.492. The SMILES string of the molecule is CCOC(=O)COc1cccc2c(=O)n(CC(=O)Nc3ccc4c(c3)OCCO4)ccc12. The number of anilines is 1. The zero-order chi connectivity index (χ0) is 22.5. The van der Waals surface area contributed by atoms with Crippen LogP contribution in [-0.4, -0.2) is 42.9 Å². The fourth-order valence-corrected chi connectivity index (χ4v) is 3.36. The van der Waals surface area contributed by atoms with Gasteiger partial charge in [-0.25, -0.2) is 4.79 Å². The maximum Gasteiger partial charge on any atom is 0.344 e. The van der Waals surface area contributed by atoms with E-state index in [-0.39, 0.29) is 31.2 Å². The Balaban J connectivity index is 1.48. The molecule has 9 heteroatoms. The molecule has 2 aromatic carbocycles. The molecule has 0 unspecified atom stereocenters. The predicted octanol–water partition coefficient (Wildman–Crippen LogP) is 2.35. The van der Waals surface area contributed by atoms with Crippen molar-refractivity contribution in [2.75, 3.05) is 31.7 Å². The highest BCUT2D eigenvalue weighted by Gasteiger charge is 2.14. The van der Waals surface area contributed by atoms with E-state index in [0.717, 1.165) is 0 Å². The summed E-state index contributed by atoms with van der Waals surface area (Å²) >= 11 is 0. The normalized spacial score (nSPS) is 12.3. The molecule has 4 rings (SSSR count). The Hall–Kier alpha value is -4.01. The number of hydrogen-bond donors (Lipinski definition) is 1. The number of carbonyl (C=O) groups is 2. The molecule has 1 N–H and O–H groups in total. The largest absolute Gasteiger partial charge is 0.486 e. The number of pyridine rings is 1. The van der Waals surface area contributed by atoms with Gasteiger partial charge in [-0.2, -0.15) is 0 Å². The van der Waals surface area contributed by atoms with Crippen LogP contribution in [0.5, 0.6) is 17.2 Å². The van der Waals surface area contributed by atoms with Crippen LogP contribution in [0.3, 0.4) is 0 Å². The molecule has 0 aliphatic carbocycles. The van der Waals surface area contributed by atoms with E-state index in [0.29, 0.717) is 46.9 Å². The van der Waals surface area contributed by atoms with Crippen molar-refractivity contribution >= 4 is 28.3 Å². The maximum absolute atomic E-state index is 12.9.